The van der Waals surface area contributed by atoms with E-state index in [-0.39, 0.29) is 0 Å². The minimum atomic E-state index is 0.724. The lowest BCUT2D eigenvalue weighted by atomic mass is 9.97. The van der Waals surface area contributed by atoms with Gasteiger partial charge in [-0.25, -0.2) is 0 Å². The fourth-order valence-corrected chi connectivity index (χ4v) is 3.61. The van der Waals surface area contributed by atoms with Gasteiger partial charge in [0.1, 0.15) is 0 Å². The van der Waals surface area contributed by atoms with Crippen molar-refractivity contribution in [3.63, 3.8) is 0 Å². The molecular weight excluding hydrogens is 224 g/mol. The van der Waals surface area contributed by atoms with E-state index in [0.717, 1.165) is 37.6 Å². The third kappa shape index (κ3) is 3.94. The van der Waals surface area contributed by atoms with Crippen molar-refractivity contribution in [1.29, 1.82) is 0 Å². The van der Waals surface area contributed by atoms with Gasteiger partial charge >= 0.3 is 0 Å². The number of hydrogen-bond acceptors (Lipinski definition) is 3. The van der Waals surface area contributed by atoms with Gasteiger partial charge in [-0.2, -0.15) is 0 Å². The molecule has 0 amide bonds. The molecule has 2 fully saturated rings. The summed E-state index contributed by atoms with van der Waals surface area (Å²) in [7, 11) is 2.26. The number of rotatable bonds is 6. The molecule has 0 radical (unpaired) electrons. The number of ether oxygens (including phenoxy) is 1. The maximum Gasteiger partial charge on any atom is 0.0497 e. The SMILES string of the molecule is CN1CCCCC1CCOCC1CCCC1CN. The van der Waals surface area contributed by atoms with E-state index < -0.39 is 0 Å². The summed E-state index contributed by atoms with van der Waals surface area (Å²) in [5.41, 5.74) is 5.80. The highest BCUT2D eigenvalue weighted by molar-refractivity contribution is 4.78. The second kappa shape index (κ2) is 7.46. The Hall–Kier alpha value is -0.120. The van der Waals surface area contributed by atoms with Gasteiger partial charge in [-0.3, -0.25) is 0 Å². The van der Waals surface area contributed by atoms with Gasteiger partial charge in [-0.05, 0) is 64.1 Å². The highest BCUT2D eigenvalue weighted by Crippen LogP contribution is 2.31. The van der Waals surface area contributed by atoms with Crippen molar-refractivity contribution in [3.05, 3.63) is 0 Å². The molecule has 3 unspecified atom stereocenters. The minimum absolute atomic E-state index is 0.724. The van der Waals surface area contributed by atoms with E-state index in [1.807, 2.05) is 0 Å². The minimum Gasteiger partial charge on any atom is -0.381 e. The molecule has 2 N–H and O–H groups in total. The van der Waals surface area contributed by atoms with Crippen LogP contribution in [-0.4, -0.2) is 44.3 Å². The Labute approximate surface area is 112 Å². The third-order valence-electron chi connectivity index (χ3n) is 4.97. The zero-order chi connectivity index (χ0) is 12.8. The molecule has 106 valence electrons. The maximum absolute atomic E-state index is 5.92. The van der Waals surface area contributed by atoms with E-state index in [1.165, 1.54) is 51.5 Å². The van der Waals surface area contributed by atoms with Gasteiger partial charge in [0.2, 0.25) is 0 Å². The summed E-state index contributed by atoms with van der Waals surface area (Å²) in [6.07, 6.45) is 9.31. The summed E-state index contributed by atoms with van der Waals surface area (Å²) < 4.78 is 5.92. The molecule has 0 aromatic heterocycles. The smallest absolute Gasteiger partial charge is 0.0497 e. The zero-order valence-corrected chi connectivity index (χ0v) is 11.9. The number of nitrogens with two attached hydrogens (primary N) is 1. The fourth-order valence-electron chi connectivity index (χ4n) is 3.61. The van der Waals surface area contributed by atoms with Crippen LogP contribution >= 0.6 is 0 Å². The van der Waals surface area contributed by atoms with Crippen LogP contribution in [0.15, 0.2) is 0 Å². The van der Waals surface area contributed by atoms with E-state index in [9.17, 15) is 0 Å². The lowest BCUT2D eigenvalue weighted by Crippen LogP contribution is -2.37. The van der Waals surface area contributed by atoms with Crippen molar-refractivity contribution in [3.8, 4) is 0 Å². The first-order valence-electron chi connectivity index (χ1n) is 7.79. The van der Waals surface area contributed by atoms with Gasteiger partial charge in [0.25, 0.3) is 0 Å². The lowest BCUT2D eigenvalue weighted by Gasteiger charge is -2.32. The Kier molecular flexibility index (Phi) is 5.93. The van der Waals surface area contributed by atoms with Gasteiger partial charge in [-0.15, -0.1) is 0 Å². The third-order valence-corrected chi connectivity index (χ3v) is 4.97. The fraction of sp³-hybridized carbons (Fsp3) is 1.00. The van der Waals surface area contributed by atoms with Gasteiger partial charge in [0, 0.05) is 19.3 Å². The molecule has 1 aliphatic heterocycles. The summed E-state index contributed by atoms with van der Waals surface area (Å²) >= 11 is 0. The summed E-state index contributed by atoms with van der Waals surface area (Å²) in [5, 5.41) is 0. The Morgan fingerprint density at radius 3 is 2.72 bits per heavy atom. The Bertz CT molecular complexity index is 231. The molecule has 1 saturated heterocycles. The van der Waals surface area contributed by atoms with E-state index in [1.54, 1.807) is 0 Å². The number of piperidine rings is 1. The summed E-state index contributed by atoms with van der Waals surface area (Å²) in [5.74, 6) is 1.46. The largest absolute Gasteiger partial charge is 0.381 e. The van der Waals surface area contributed by atoms with Crippen molar-refractivity contribution in [2.45, 2.75) is 51.0 Å². The highest BCUT2D eigenvalue weighted by atomic mass is 16.5. The first-order chi connectivity index (χ1) is 8.81. The maximum atomic E-state index is 5.92. The molecule has 1 saturated carbocycles. The number of nitrogens with zero attached hydrogens (tertiary/aromatic N) is 1. The van der Waals surface area contributed by atoms with Crippen LogP contribution in [0.3, 0.4) is 0 Å². The van der Waals surface area contributed by atoms with Crippen LogP contribution in [0.2, 0.25) is 0 Å². The van der Waals surface area contributed by atoms with Crippen LogP contribution in [0.4, 0.5) is 0 Å². The predicted molar refractivity (Wildman–Crippen MR) is 75.6 cm³/mol. The van der Waals surface area contributed by atoms with Crippen molar-refractivity contribution in [2.75, 3.05) is 33.4 Å². The molecular formula is C15H30N2O. The second-order valence-corrected chi connectivity index (χ2v) is 6.18. The molecule has 2 rings (SSSR count). The average Bonchev–Trinajstić information content (AvgIpc) is 2.84. The van der Waals surface area contributed by atoms with Crippen LogP contribution in [-0.2, 0) is 4.74 Å². The molecule has 1 aliphatic carbocycles. The van der Waals surface area contributed by atoms with Crippen molar-refractivity contribution in [1.82, 2.24) is 4.90 Å². The average molecular weight is 254 g/mol. The normalized spacial score (nSPS) is 34.0. The summed E-state index contributed by atoms with van der Waals surface area (Å²) in [4.78, 5) is 2.51. The lowest BCUT2D eigenvalue weighted by molar-refractivity contribution is 0.0625. The quantitative estimate of drug-likeness (QED) is 0.739. The van der Waals surface area contributed by atoms with Crippen LogP contribution in [0.1, 0.15) is 44.9 Å². The molecule has 1 heterocycles. The van der Waals surface area contributed by atoms with E-state index in [2.05, 4.69) is 11.9 Å². The molecule has 0 aromatic carbocycles. The molecule has 0 spiro atoms. The first kappa shape index (κ1) is 14.3. The van der Waals surface area contributed by atoms with Crippen LogP contribution in [0, 0.1) is 11.8 Å². The van der Waals surface area contributed by atoms with Crippen molar-refractivity contribution < 1.29 is 4.74 Å². The molecule has 3 nitrogen and oxygen atoms in total. The van der Waals surface area contributed by atoms with Crippen LogP contribution in [0.5, 0.6) is 0 Å². The van der Waals surface area contributed by atoms with Crippen LogP contribution in [0.25, 0.3) is 0 Å². The molecule has 0 bridgehead atoms. The Balaban J connectivity index is 1.58. The predicted octanol–water partition coefficient (Wildman–Crippen LogP) is 2.25. The van der Waals surface area contributed by atoms with Crippen molar-refractivity contribution >= 4 is 0 Å². The standard InChI is InChI=1S/C15H30N2O/c1-17-9-3-2-7-15(17)8-10-18-12-14-6-4-5-13(14)11-16/h13-15H,2-12,16H2,1H3. The molecule has 3 heteroatoms. The topological polar surface area (TPSA) is 38.5 Å². The first-order valence-corrected chi connectivity index (χ1v) is 7.79. The number of hydrogen-bond donors (Lipinski definition) is 1. The van der Waals surface area contributed by atoms with E-state index in [4.69, 9.17) is 10.5 Å². The zero-order valence-electron chi connectivity index (χ0n) is 11.9. The monoisotopic (exact) mass is 254 g/mol. The second-order valence-electron chi connectivity index (χ2n) is 6.18. The molecule has 3 atom stereocenters. The number of likely N-dealkylation sites (tertiary alicyclic amines) is 1. The van der Waals surface area contributed by atoms with Crippen LogP contribution < -0.4 is 5.73 Å². The molecule has 18 heavy (non-hydrogen) atoms. The molecule has 0 aromatic rings. The van der Waals surface area contributed by atoms with E-state index >= 15 is 0 Å². The Morgan fingerprint density at radius 2 is 1.94 bits per heavy atom. The van der Waals surface area contributed by atoms with Gasteiger partial charge in [0.05, 0.1) is 0 Å². The van der Waals surface area contributed by atoms with Gasteiger partial charge in [-0.1, -0.05) is 12.8 Å². The van der Waals surface area contributed by atoms with E-state index in [0.29, 0.717) is 0 Å². The van der Waals surface area contributed by atoms with Gasteiger partial charge < -0.3 is 15.4 Å². The highest BCUT2D eigenvalue weighted by Gasteiger charge is 2.26. The molecule has 2 aliphatic rings. The van der Waals surface area contributed by atoms with Crippen molar-refractivity contribution in [2.24, 2.45) is 17.6 Å². The van der Waals surface area contributed by atoms with Gasteiger partial charge in [0.15, 0.2) is 0 Å². The summed E-state index contributed by atoms with van der Waals surface area (Å²) in [6.45, 7) is 3.99. The summed E-state index contributed by atoms with van der Waals surface area (Å²) in [6, 6.07) is 0.757. The Morgan fingerprint density at radius 1 is 1.11 bits per heavy atom.